The first-order valence-corrected chi connectivity index (χ1v) is 15.4. The number of carbonyl (C=O) groups is 1. The number of carbonyl (C=O) groups excluding carboxylic acids is 1. The summed E-state index contributed by atoms with van der Waals surface area (Å²) in [6, 6.07) is 14.7. The fourth-order valence-electron chi connectivity index (χ4n) is 3.70. The van der Waals surface area contributed by atoms with Gasteiger partial charge in [0.1, 0.15) is 30.1 Å². The van der Waals surface area contributed by atoms with Crippen molar-refractivity contribution in [1.82, 2.24) is 0 Å². The fourth-order valence-corrected chi connectivity index (χ4v) is 4.83. The second kappa shape index (κ2) is 12.7. The van der Waals surface area contributed by atoms with Gasteiger partial charge in [0, 0.05) is 4.91 Å². The van der Waals surface area contributed by atoms with Crippen molar-refractivity contribution in [1.29, 1.82) is 0 Å². The molecule has 1 fully saturated rings. The van der Waals surface area contributed by atoms with Gasteiger partial charge in [-0.1, -0.05) is 56.2 Å². The normalized spacial score (nSPS) is 23.8. The molecular formula is C27H37N3O7Si. The van der Waals surface area contributed by atoms with E-state index in [-0.39, 0.29) is 18.3 Å². The summed E-state index contributed by atoms with van der Waals surface area (Å²) in [5, 5.41) is 14.9. The average molecular weight is 544 g/mol. The number of hydrogen-bond acceptors (Lipinski definition) is 8. The number of ether oxygens (including phenoxy) is 4. The van der Waals surface area contributed by atoms with E-state index in [2.05, 4.69) is 30.8 Å². The first-order valence-electron chi connectivity index (χ1n) is 12.5. The van der Waals surface area contributed by atoms with Crippen LogP contribution in [0, 0.1) is 0 Å². The van der Waals surface area contributed by atoms with Crippen molar-refractivity contribution in [3.8, 4) is 5.75 Å². The zero-order valence-corrected chi connectivity index (χ0v) is 23.7. The van der Waals surface area contributed by atoms with Gasteiger partial charge in [-0.15, -0.1) is 0 Å². The summed E-state index contributed by atoms with van der Waals surface area (Å²) in [5.41, 5.74) is 10.5. The van der Waals surface area contributed by atoms with E-state index in [1.165, 1.54) is 0 Å². The van der Waals surface area contributed by atoms with Crippen LogP contribution in [0.4, 0.5) is 0 Å². The van der Waals surface area contributed by atoms with Crippen LogP contribution in [0.15, 0.2) is 59.7 Å². The molecule has 2 aromatic rings. The number of aliphatic hydroxyl groups is 1. The Morgan fingerprint density at radius 2 is 1.79 bits per heavy atom. The molecule has 0 unspecified atom stereocenters. The lowest BCUT2D eigenvalue weighted by molar-refractivity contribution is -0.246. The Balaban J connectivity index is 1.84. The maximum Gasteiger partial charge on any atom is 0.338 e. The van der Waals surface area contributed by atoms with Crippen molar-refractivity contribution >= 4 is 14.3 Å². The number of benzene rings is 2. The van der Waals surface area contributed by atoms with Gasteiger partial charge in [0.2, 0.25) is 0 Å². The molecule has 1 aliphatic heterocycles. The molecule has 10 nitrogen and oxygen atoms in total. The molecule has 0 radical (unpaired) electrons. The number of rotatable bonds is 10. The molecule has 1 aliphatic rings. The maximum atomic E-state index is 12.9. The summed E-state index contributed by atoms with van der Waals surface area (Å²) in [7, 11) is -0.827. The van der Waals surface area contributed by atoms with Gasteiger partial charge in [-0.2, -0.15) is 0 Å². The van der Waals surface area contributed by atoms with Gasteiger partial charge in [0.05, 0.1) is 25.9 Å². The van der Waals surface area contributed by atoms with Crippen LogP contribution in [0.25, 0.3) is 10.4 Å². The van der Waals surface area contributed by atoms with E-state index in [0.29, 0.717) is 5.56 Å². The van der Waals surface area contributed by atoms with E-state index in [1.807, 2.05) is 37.4 Å². The molecule has 1 heterocycles. The van der Waals surface area contributed by atoms with Crippen LogP contribution in [0.2, 0.25) is 18.1 Å². The minimum atomic E-state index is -2.42. The molecule has 2 aromatic carbocycles. The monoisotopic (exact) mass is 543 g/mol. The van der Waals surface area contributed by atoms with Crippen LogP contribution in [0.5, 0.6) is 5.75 Å². The Bertz CT molecular complexity index is 1100. The molecule has 0 amide bonds. The Morgan fingerprint density at radius 3 is 2.37 bits per heavy atom. The molecule has 38 heavy (non-hydrogen) atoms. The predicted octanol–water partition coefficient (Wildman–Crippen LogP) is 5.22. The SMILES string of the molecule is COc1ccc(COC[C@H]2O[C@@H](O[Si](C)(C)C(C)(C)C)[C@H](N=[N+]=[N-])[C@@H](OC(=O)c3ccccc3)[C@@H]2O)cc1. The van der Waals surface area contributed by atoms with E-state index < -0.39 is 44.9 Å². The third-order valence-electron chi connectivity index (χ3n) is 7.01. The summed E-state index contributed by atoms with van der Waals surface area (Å²) in [6.07, 6.45) is -4.48. The molecule has 0 spiro atoms. The molecule has 206 valence electrons. The van der Waals surface area contributed by atoms with Crippen molar-refractivity contribution in [3.63, 3.8) is 0 Å². The standard InChI is InChI=1S/C27H37N3O7Si/c1-27(2,3)38(5,6)37-26-22(29-30-28)24(36-25(32)19-10-8-7-9-11-19)23(31)21(35-26)17-34-16-18-12-14-20(33-4)15-13-18/h7-15,21-24,26,31H,16-17H2,1-6H3/t21-,22-,23-,24-,26+/m1/s1. The Kier molecular flexibility index (Phi) is 9.94. The lowest BCUT2D eigenvalue weighted by Gasteiger charge is -2.46. The largest absolute Gasteiger partial charge is 0.497 e. The van der Waals surface area contributed by atoms with Crippen LogP contribution in [-0.2, 0) is 25.2 Å². The third-order valence-corrected chi connectivity index (χ3v) is 11.4. The zero-order valence-electron chi connectivity index (χ0n) is 22.7. The van der Waals surface area contributed by atoms with Gasteiger partial charge in [0.25, 0.3) is 0 Å². The molecule has 0 aromatic heterocycles. The Labute approximate surface area is 224 Å². The molecule has 3 rings (SSSR count). The van der Waals surface area contributed by atoms with Crippen molar-refractivity contribution in [3.05, 3.63) is 76.2 Å². The second-order valence-electron chi connectivity index (χ2n) is 10.7. The molecule has 5 atom stereocenters. The zero-order chi connectivity index (χ0) is 27.9. The lowest BCUT2D eigenvalue weighted by Crippen LogP contribution is -2.62. The second-order valence-corrected chi connectivity index (χ2v) is 15.5. The summed E-state index contributed by atoms with van der Waals surface area (Å²) < 4.78 is 29.4. The maximum absolute atomic E-state index is 12.9. The minimum absolute atomic E-state index is 0.00701. The van der Waals surface area contributed by atoms with Crippen LogP contribution in [0.1, 0.15) is 36.7 Å². The smallest absolute Gasteiger partial charge is 0.338 e. The van der Waals surface area contributed by atoms with Gasteiger partial charge in [-0.3, -0.25) is 0 Å². The number of nitrogens with zero attached hydrogens (tertiary/aromatic N) is 3. The van der Waals surface area contributed by atoms with Crippen LogP contribution >= 0.6 is 0 Å². The fraction of sp³-hybridized carbons (Fsp3) is 0.519. The summed E-state index contributed by atoms with van der Waals surface area (Å²) in [6.45, 7) is 10.5. The van der Waals surface area contributed by atoms with Crippen LogP contribution in [-0.4, -0.2) is 63.8 Å². The van der Waals surface area contributed by atoms with Gasteiger partial charge >= 0.3 is 5.97 Å². The molecule has 11 heteroatoms. The molecule has 0 aliphatic carbocycles. The first-order chi connectivity index (χ1) is 18.0. The van der Waals surface area contributed by atoms with E-state index in [9.17, 15) is 15.4 Å². The minimum Gasteiger partial charge on any atom is -0.497 e. The van der Waals surface area contributed by atoms with Gasteiger partial charge in [-0.25, -0.2) is 4.79 Å². The van der Waals surface area contributed by atoms with E-state index >= 15 is 0 Å². The average Bonchev–Trinajstić information content (AvgIpc) is 2.88. The number of hydrogen-bond donors (Lipinski definition) is 1. The number of aliphatic hydroxyl groups excluding tert-OH is 1. The number of esters is 1. The van der Waals surface area contributed by atoms with Crippen molar-refractivity contribution < 1.29 is 33.3 Å². The van der Waals surface area contributed by atoms with Gasteiger partial charge < -0.3 is 28.5 Å². The Hall–Kier alpha value is -2.92. The predicted molar refractivity (Wildman–Crippen MR) is 144 cm³/mol. The third kappa shape index (κ3) is 7.34. The highest BCUT2D eigenvalue weighted by molar-refractivity contribution is 6.74. The van der Waals surface area contributed by atoms with E-state index in [0.717, 1.165) is 11.3 Å². The highest BCUT2D eigenvalue weighted by atomic mass is 28.4. The summed E-state index contributed by atoms with van der Waals surface area (Å²) in [4.78, 5) is 15.9. The molecule has 0 saturated carbocycles. The highest BCUT2D eigenvalue weighted by Gasteiger charge is 2.51. The summed E-state index contributed by atoms with van der Waals surface area (Å²) >= 11 is 0. The molecule has 0 bridgehead atoms. The van der Waals surface area contributed by atoms with Gasteiger partial charge in [-0.05, 0) is 53.5 Å². The van der Waals surface area contributed by atoms with Gasteiger partial charge in [0.15, 0.2) is 14.6 Å². The lowest BCUT2D eigenvalue weighted by atomic mass is 9.97. The highest BCUT2D eigenvalue weighted by Crippen LogP contribution is 2.40. The summed E-state index contributed by atoms with van der Waals surface area (Å²) in [5.74, 6) is 0.0798. The Morgan fingerprint density at radius 1 is 1.13 bits per heavy atom. The van der Waals surface area contributed by atoms with Crippen molar-refractivity contribution in [2.75, 3.05) is 13.7 Å². The van der Waals surface area contributed by atoms with Crippen molar-refractivity contribution in [2.24, 2.45) is 5.11 Å². The molecule has 1 N–H and O–H groups in total. The number of methoxy groups -OCH3 is 1. The topological polar surface area (TPSA) is 132 Å². The molecular weight excluding hydrogens is 506 g/mol. The van der Waals surface area contributed by atoms with Crippen molar-refractivity contribution in [2.45, 2.75) is 76.2 Å². The van der Waals surface area contributed by atoms with Crippen LogP contribution < -0.4 is 4.74 Å². The quantitative estimate of drug-likeness (QED) is 0.143. The first kappa shape index (κ1) is 29.6. The number of azide groups is 1. The molecule has 1 saturated heterocycles. The van der Waals surface area contributed by atoms with E-state index in [4.69, 9.17) is 23.4 Å². The van der Waals surface area contributed by atoms with Crippen LogP contribution in [0.3, 0.4) is 0 Å². The van der Waals surface area contributed by atoms with E-state index in [1.54, 1.807) is 37.4 Å².